The van der Waals surface area contributed by atoms with Crippen LogP contribution in [0.4, 0.5) is 4.79 Å². The number of piperidine rings is 1. The first-order valence-corrected chi connectivity index (χ1v) is 7.74. The molecule has 4 heteroatoms. The zero-order chi connectivity index (χ0) is 15.5. The molecule has 1 aliphatic rings. The Morgan fingerprint density at radius 2 is 1.86 bits per heavy atom. The molecule has 2 amide bonds. The van der Waals surface area contributed by atoms with Crippen LogP contribution in [0.5, 0.6) is 0 Å². The molecule has 2 rings (SSSR count). The molecule has 0 spiro atoms. The van der Waals surface area contributed by atoms with Crippen molar-refractivity contribution in [3.05, 3.63) is 35.4 Å². The second-order valence-corrected chi connectivity index (χ2v) is 6.73. The van der Waals surface area contributed by atoms with Gasteiger partial charge in [-0.05, 0) is 25.3 Å². The molecule has 0 unspecified atom stereocenters. The van der Waals surface area contributed by atoms with Crippen LogP contribution in [0.25, 0.3) is 0 Å². The number of benzene rings is 1. The number of nitrogens with two attached hydrogens (primary N) is 1. The summed E-state index contributed by atoms with van der Waals surface area (Å²) in [6.07, 6.45) is 1.80. The van der Waals surface area contributed by atoms with E-state index in [4.69, 9.17) is 5.73 Å². The number of amides is 2. The van der Waals surface area contributed by atoms with Crippen molar-refractivity contribution in [2.45, 2.75) is 45.1 Å². The van der Waals surface area contributed by atoms with Crippen molar-refractivity contribution in [2.75, 3.05) is 19.6 Å². The smallest absolute Gasteiger partial charge is 0.317 e. The van der Waals surface area contributed by atoms with Gasteiger partial charge in [-0.25, -0.2) is 4.79 Å². The number of hydrogen-bond acceptors (Lipinski definition) is 2. The van der Waals surface area contributed by atoms with E-state index < -0.39 is 0 Å². The number of urea groups is 1. The van der Waals surface area contributed by atoms with Gasteiger partial charge < -0.3 is 16.0 Å². The fourth-order valence-corrected chi connectivity index (χ4v) is 2.62. The molecule has 21 heavy (non-hydrogen) atoms. The van der Waals surface area contributed by atoms with Crippen molar-refractivity contribution < 1.29 is 4.79 Å². The van der Waals surface area contributed by atoms with Crippen molar-refractivity contribution in [3.8, 4) is 0 Å². The molecule has 1 saturated heterocycles. The molecule has 1 fully saturated rings. The first-order chi connectivity index (χ1) is 9.88. The number of likely N-dealkylation sites (tertiary alicyclic amines) is 1. The van der Waals surface area contributed by atoms with E-state index in [1.807, 2.05) is 4.90 Å². The quantitative estimate of drug-likeness (QED) is 0.897. The summed E-state index contributed by atoms with van der Waals surface area (Å²) in [6.45, 7) is 8.56. The maximum Gasteiger partial charge on any atom is 0.317 e. The summed E-state index contributed by atoms with van der Waals surface area (Å²) < 4.78 is 0. The predicted octanol–water partition coefficient (Wildman–Crippen LogP) is 2.41. The minimum absolute atomic E-state index is 0.0297. The monoisotopic (exact) mass is 289 g/mol. The molecule has 0 saturated carbocycles. The fourth-order valence-electron chi connectivity index (χ4n) is 2.62. The van der Waals surface area contributed by atoms with Crippen LogP contribution in [0.3, 0.4) is 0 Å². The van der Waals surface area contributed by atoms with Crippen LogP contribution in [0.15, 0.2) is 24.3 Å². The first kappa shape index (κ1) is 15.8. The summed E-state index contributed by atoms with van der Waals surface area (Å²) in [5.41, 5.74) is 8.29. The highest BCUT2D eigenvalue weighted by Gasteiger charge is 2.24. The predicted molar refractivity (Wildman–Crippen MR) is 86.4 cm³/mol. The van der Waals surface area contributed by atoms with Gasteiger partial charge in [0, 0.05) is 31.1 Å². The number of nitrogens with zero attached hydrogens (tertiary/aromatic N) is 1. The van der Waals surface area contributed by atoms with Crippen molar-refractivity contribution in [2.24, 2.45) is 5.73 Å². The molecule has 1 aliphatic heterocycles. The van der Waals surface area contributed by atoms with Gasteiger partial charge in [0.15, 0.2) is 0 Å². The van der Waals surface area contributed by atoms with E-state index in [0.717, 1.165) is 25.9 Å². The minimum Gasteiger partial charge on any atom is -0.337 e. The van der Waals surface area contributed by atoms with E-state index in [1.54, 1.807) is 0 Å². The van der Waals surface area contributed by atoms with Crippen molar-refractivity contribution >= 4 is 6.03 Å². The Kier molecular flexibility index (Phi) is 4.88. The van der Waals surface area contributed by atoms with Gasteiger partial charge in [0.2, 0.25) is 0 Å². The van der Waals surface area contributed by atoms with E-state index in [0.29, 0.717) is 6.54 Å². The standard InChI is InChI=1S/C17H27N3O/c1-13-4-6-14(7-5-13)17(2,3)12-19-16(21)20-10-8-15(18)9-11-20/h4-7,15H,8-12,18H2,1-3H3,(H,19,21). The van der Waals surface area contributed by atoms with Crippen LogP contribution in [-0.2, 0) is 5.41 Å². The number of nitrogens with one attached hydrogen (secondary N) is 1. The van der Waals surface area contributed by atoms with Crippen molar-refractivity contribution in [3.63, 3.8) is 0 Å². The highest BCUT2D eigenvalue weighted by Crippen LogP contribution is 2.22. The Balaban J connectivity index is 1.89. The van der Waals surface area contributed by atoms with Gasteiger partial charge in [0.1, 0.15) is 0 Å². The average molecular weight is 289 g/mol. The molecule has 3 N–H and O–H groups in total. The number of hydrogen-bond donors (Lipinski definition) is 2. The average Bonchev–Trinajstić information content (AvgIpc) is 2.46. The highest BCUT2D eigenvalue weighted by molar-refractivity contribution is 5.74. The zero-order valence-electron chi connectivity index (χ0n) is 13.4. The fraction of sp³-hybridized carbons (Fsp3) is 0.588. The van der Waals surface area contributed by atoms with Gasteiger partial charge in [-0.3, -0.25) is 0 Å². The third-order valence-electron chi connectivity index (χ3n) is 4.34. The summed E-state index contributed by atoms with van der Waals surface area (Å²) in [5, 5.41) is 3.07. The Morgan fingerprint density at radius 1 is 1.29 bits per heavy atom. The normalized spacial score (nSPS) is 16.9. The molecular weight excluding hydrogens is 262 g/mol. The van der Waals surface area contributed by atoms with E-state index >= 15 is 0 Å². The van der Waals surface area contributed by atoms with Gasteiger partial charge in [-0.15, -0.1) is 0 Å². The van der Waals surface area contributed by atoms with Gasteiger partial charge in [0.25, 0.3) is 0 Å². The van der Waals surface area contributed by atoms with Gasteiger partial charge in [-0.1, -0.05) is 43.7 Å². The number of carbonyl (C=O) groups is 1. The first-order valence-electron chi connectivity index (χ1n) is 7.74. The number of aryl methyl sites for hydroxylation is 1. The second kappa shape index (κ2) is 6.48. The van der Waals surface area contributed by atoms with Gasteiger partial charge in [-0.2, -0.15) is 0 Å². The number of rotatable bonds is 3. The summed E-state index contributed by atoms with van der Waals surface area (Å²) >= 11 is 0. The van der Waals surface area contributed by atoms with Crippen molar-refractivity contribution in [1.82, 2.24) is 10.2 Å². The van der Waals surface area contributed by atoms with E-state index in [1.165, 1.54) is 11.1 Å². The van der Waals surface area contributed by atoms with Crippen LogP contribution >= 0.6 is 0 Å². The summed E-state index contributed by atoms with van der Waals surface area (Å²) in [7, 11) is 0. The SMILES string of the molecule is Cc1ccc(C(C)(C)CNC(=O)N2CCC(N)CC2)cc1. The molecule has 0 atom stereocenters. The molecule has 4 nitrogen and oxygen atoms in total. The molecular formula is C17H27N3O. The van der Waals surface area contributed by atoms with Crippen LogP contribution in [0.2, 0.25) is 0 Å². The molecule has 1 aromatic rings. The Hall–Kier alpha value is -1.55. The lowest BCUT2D eigenvalue weighted by Gasteiger charge is -2.32. The third-order valence-corrected chi connectivity index (χ3v) is 4.34. The summed E-state index contributed by atoms with van der Waals surface area (Å²) in [6, 6.07) is 8.79. The Bertz CT molecular complexity index is 473. The lowest BCUT2D eigenvalue weighted by Crippen LogP contribution is -2.49. The van der Waals surface area contributed by atoms with Crippen LogP contribution in [0, 0.1) is 6.92 Å². The van der Waals surface area contributed by atoms with Gasteiger partial charge in [0.05, 0.1) is 0 Å². The maximum atomic E-state index is 12.2. The summed E-state index contributed by atoms with van der Waals surface area (Å²) in [5.74, 6) is 0. The van der Waals surface area contributed by atoms with Gasteiger partial charge >= 0.3 is 6.03 Å². The van der Waals surface area contributed by atoms with E-state index in [2.05, 4.69) is 50.4 Å². The lowest BCUT2D eigenvalue weighted by molar-refractivity contribution is 0.180. The Morgan fingerprint density at radius 3 is 2.43 bits per heavy atom. The Labute approximate surface area is 127 Å². The third kappa shape index (κ3) is 4.21. The molecule has 116 valence electrons. The van der Waals surface area contributed by atoms with Crippen LogP contribution in [-0.4, -0.2) is 36.6 Å². The molecule has 1 heterocycles. The molecule has 0 aromatic heterocycles. The van der Waals surface area contributed by atoms with Crippen LogP contribution < -0.4 is 11.1 Å². The highest BCUT2D eigenvalue weighted by atomic mass is 16.2. The largest absolute Gasteiger partial charge is 0.337 e. The number of carbonyl (C=O) groups excluding carboxylic acids is 1. The van der Waals surface area contributed by atoms with Crippen LogP contribution in [0.1, 0.15) is 37.8 Å². The van der Waals surface area contributed by atoms with E-state index in [-0.39, 0.29) is 17.5 Å². The van der Waals surface area contributed by atoms with Crippen molar-refractivity contribution in [1.29, 1.82) is 0 Å². The second-order valence-electron chi connectivity index (χ2n) is 6.73. The zero-order valence-corrected chi connectivity index (χ0v) is 13.4. The summed E-state index contributed by atoms with van der Waals surface area (Å²) in [4.78, 5) is 14.1. The molecule has 0 radical (unpaired) electrons. The maximum absolute atomic E-state index is 12.2. The molecule has 1 aromatic carbocycles. The topological polar surface area (TPSA) is 58.4 Å². The molecule has 0 aliphatic carbocycles. The minimum atomic E-state index is -0.0739. The lowest BCUT2D eigenvalue weighted by atomic mass is 9.84. The van der Waals surface area contributed by atoms with E-state index in [9.17, 15) is 4.79 Å². The molecule has 0 bridgehead atoms.